The van der Waals surface area contributed by atoms with Gasteiger partial charge in [0.1, 0.15) is 10.8 Å². The molecule has 4 aromatic rings. The molecule has 0 saturated heterocycles. The van der Waals surface area contributed by atoms with Gasteiger partial charge in [-0.15, -0.1) is 11.3 Å². The number of hydrogen-bond acceptors (Lipinski definition) is 4. The Hall–Kier alpha value is -3.12. The number of carbonyl (C=O) groups excluding carboxylic acids is 1. The highest BCUT2D eigenvalue weighted by Crippen LogP contribution is 2.40. The van der Waals surface area contributed by atoms with Crippen molar-refractivity contribution < 1.29 is 9.21 Å². The number of rotatable bonds is 6. The number of amides is 1. The number of hydrogen-bond donors (Lipinski definition) is 1. The number of aliphatic imine (C=N–C) groups is 1. The molecule has 0 aliphatic heterocycles. The molecule has 0 spiro atoms. The van der Waals surface area contributed by atoms with Crippen molar-refractivity contribution in [2.75, 3.05) is 0 Å². The van der Waals surface area contributed by atoms with Gasteiger partial charge in [0.15, 0.2) is 0 Å². The smallest absolute Gasteiger partial charge is 0.255 e. The maximum absolute atomic E-state index is 13.1. The third-order valence-corrected chi connectivity index (χ3v) is 7.06. The molecule has 0 fully saturated rings. The van der Waals surface area contributed by atoms with Gasteiger partial charge in [-0.2, -0.15) is 0 Å². The minimum absolute atomic E-state index is 0.0704. The minimum Gasteiger partial charge on any atom is -0.467 e. The number of aromatic nitrogens is 1. The lowest BCUT2D eigenvalue weighted by Crippen LogP contribution is -2.23. The Kier molecular flexibility index (Phi) is 5.47. The van der Waals surface area contributed by atoms with Gasteiger partial charge in [0.2, 0.25) is 0 Å². The summed E-state index contributed by atoms with van der Waals surface area (Å²) in [5.74, 6) is 0.675. The molecule has 5 nitrogen and oxygen atoms in total. The van der Waals surface area contributed by atoms with E-state index in [-0.39, 0.29) is 5.91 Å². The Labute approximate surface area is 185 Å². The van der Waals surface area contributed by atoms with Gasteiger partial charge in [0.05, 0.1) is 18.4 Å². The number of nitrogens with zero attached hydrogens (tertiary/aromatic N) is 2. The normalized spacial score (nSPS) is 13.7. The number of furan rings is 1. The summed E-state index contributed by atoms with van der Waals surface area (Å²) in [7, 11) is 0. The molecule has 158 valence electrons. The quantitative estimate of drug-likeness (QED) is 0.388. The van der Waals surface area contributed by atoms with E-state index in [0.717, 1.165) is 47.7 Å². The summed E-state index contributed by atoms with van der Waals surface area (Å²) in [6.45, 7) is 3.42. The number of fused-ring (bicyclic) bond motifs is 2. The maximum atomic E-state index is 13.1. The summed E-state index contributed by atoms with van der Waals surface area (Å²) in [5.41, 5.74) is 4.19. The largest absolute Gasteiger partial charge is 0.467 e. The first-order valence-electron chi connectivity index (χ1n) is 10.8. The van der Waals surface area contributed by atoms with E-state index in [9.17, 15) is 4.79 Å². The van der Waals surface area contributed by atoms with Crippen molar-refractivity contribution in [1.29, 1.82) is 0 Å². The Morgan fingerprint density at radius 3 is 2.94 bits per heavy atom. The zero-order valence-electron chi connectivity index (χ0n) is 17.6. The average molecular weight is 432 g/mol. The summed E-state index contributed by atoms with van der Waals surface area (Å²) >= 11 is 1.66. The first kappa shape index (κ1) is 19.8. The molecule has 31 heavy (non-hydrogen) atoms. The van der Waals surface area contributed by atoms with Crippen molar-refractivity contribution in [2.45, 2.75) is 45.7 Å². The fraction of sp³-hybridized carbons (Fsp3) is 0.280. The van der Waals surface area contributed by atoms with Crippen LogP contribution >= 0.6 is 11.3 Å². The highest BCUT2D eigenvalue weighted by Gasteiger charge is 2.25. The number of carbonyl (C=O) groups is 1. The van der Waals surface area contributed by atoms with Crippen LogP contribution in [0.25, 0.3) is 10.9 Å². The maximum Gasteiger partial charge on any atom is 0.255 e. The second kappa shape index (κ2) is 8.55. The van der Waals surface area contributed by atoms with Crippen LogP contribution in [0.2, 0.25) is 0 Å². The van der Waals surface area contributed by atoms with E-state index in [1.165, 1.54) is 27.8 Å². The first-order valence-corrected chi connectivity index (χ1v) is 11.6. The Morgan fingerprint density at radius 1 is 1.23 bits per heavy atom. The van der Waals surface area contributed by atoms with Crippen molar-refractivity contribution in [2.24, 2.45) is 4.99 Å². The molecule has 1 aromatic carbocycles. The van der Waals surface area contributed by atoms with Gasteiger partial charge in [-0.3, -0.25) is 4.79 Å². The van der Waals surface area contributed by atoms with Crippen LogP contribution in [0.15, 0.2) is 58.3 Å². The van der Waals surface area contributed by atoms with Gasteiger partial charge in [-0.25, -0.2) is 4.99 Å². The van der Waals surface area contributed by atoms with Crippen molar-refractivity contribution >= 4 is 39.4 Å². The van der Waals surface area contributed by atoms with Crippen LogP contribution in [0.3, 0.4) is 0 Å². The van der Waals surface area contributed by atoms with Crippen LogP contribution in [0.5, 0.6) is 0 Å². The van der Waals surface area contributed by atoms with Crippen LogP contribution in [0, 0.1) is 0 Å². The number of nitrogens with one attached hydrogen (secondary N) is 1. The summed E-state index contributed by atoms with van der Waals surface area (Å²) in [6.07, 6.45) is 9.94. The summed E-state index contributed by atoms with van der Waals surface area (Å²) < 4.78 is 7.59. The van der Waals surface area contributed by atoms with E-state index in [1.807, 2.05) is 18.3 Å². The summed E-state index contributed by atoms with van der Waals surface area (Å²) in [4.78, 5) is 19.3. The van der Waals surface area contributed by atoms with E-state index in [4.69, 9.17) is 9.41 Å². The Morgan fingerprint density at radius 2 is 2.10 bits per heavy atom. The number of aryl methyl sites for hydroxylation is 2. The number of para-hydroxylation sites is 1. The molecule has 3 heterocycles. The zero-order chi connectivity index (χ0) is 21.2. The van der Waals surface area contributed by atoms with E-state index >= 15 is 0 Å². The predicted octanol–water partition coefficient (Wildman–Crippen LogP) is 5.88. The van der Waals surface area contributed by atoms with Crippen molar-refractivity contribution in [3.63, 3.8) is 0 Å². The molecule has 0 saturated carbocycles. The lowest BCUT2D eigenvalue weighted by Gasteiger charge is -2.12. The van der Waals surface area contributed by atoms with Crippen LogP contribution in [0.4, 0.5) is 5.00 Å². The molecular weight excluding hydrogens is 406 g/mol. The fourth-order valence-corrected chi connectivity index (χ4v) is 5.54. The van der Waals surface area contributed by atoms with E-state index in [0.29, 0.717) is 6.54 Å². The number of benzene rings is 1. The van der Waals surface area contributed by atoms with Crippen LogP contribution in [-0.4, -0.2) is 16.7 Å². The molecule has 0 bridgehead atoms. The number of thiophene rings is 1. The molecule has 6 heteroatoms. The molecule has 3 aromatic heterocycles. The van der Waals surface area contributed by atoms with Crippen LogP contribution in [-0.2, 0) is 25.9 Å². The second-order valence-corrected chi connectivity index (χ2v) is 8.88. The Bertz CT molecular complexity index is 1250. The average Bonchev–Trinajstić information content (AvgIpc) is 3.53. The standard InChI is InChI=1S/C25H25N3O2S/c1-2-28-16-17(19-9-3-5-11-21(19)28)14-27-25-23(20-10-4-6-12-22(20)31-25)24(29)26-15-18-8-7-13-30-18/h3,5,7-9,11,13-14,16H,2,4,6,10,12,15H2,1H3,(H,26,29). The monoisotopic (exact) mass is 431 g/mol. The van der Waals surface area contributed by atoms with Gasteiger partial charge in [-0.05, 0) is 56.4 Å². The molecule has 1 N–H and O–H groups in total. The molecule has 0 atom stereocenters. The SMILES string of the molecule is CCn1cc(C=Nc2sc3c(c2C(=O)NCc2ccco2)CCCC3)c2ccccc21. The first-order chi connectivity index (χ1) is 15.2. The Balaban J connectivity index is 1.49. The third kappa shape index (κ3) is 3.83. The van der Waals surface area contributed by atoms with Crippen LogP contribution in [0.1, 0.15) is 51.9 Å². The molecule has 0 radical (unpaired) electrons. The minimum atomic E-state index is -0.0704. The predicted molar refractivity (Wildman–Crippen MR) is 126 cm³/mol. The van der Waals surface area contributed by atoms with Gasteiger partial charge in [0.25, 0.3) is 5.91 Å². The fourth-order valence-electron chi connectivity index (χ4n) is 4.31. The lowest BCUT2D eigenvalue weighted by molar-refractivity contribution is 0.0948. The van der Waals surface area contributed by atoms with Gasteiger partial charge < -0.3 is 14.3 Å². The van der Waals surface area contributed by atoms with Crippen molar-refractivity contribution in [3.05, 3.63) is 76.2 Å². The van der Waals surface area contributed by atoms with E-state index in [1.54, 1.807) is 17.6 Å². The molecule has 1 aliphatic rings. The van der Waals surface area contributed by atoms with Crippen molar-refractivity contribution in [1.82, 2.24) is 9.88 Å². The molecule has 1 amide bonds. The molecule has 1 aliphatic carbocycles. The molecule has 5 rings (SSSR count). The van der Waals surface area contributed by atoms with Gasteiger partial charge in [-0.1, -0.05) is 18.2 Å². The van der Waals surface area contributed by atoms with Crippen LogP contribution < -0.4 is 5.32 Å². The van der Waals surface area contributed by atoms with E-state index in [2.05, 4.69) is 47.3 Å². The highest BCUT2D eigenvalue weighted by atomic mass is 32.1. The highest BCUT2D eigenvalue weighted by molar-refractivity contribution is 7.16. The van der Waals surface area contributed by atoms with E-state index < -0.39 is 0 Å². The van der Waals surface area contributed by atoms with Gasteiger partial charge >= 0.3 is 0 Å². The zero-order valence-corrected chi connectivity index (χ0v) is 18.4. The topological polar surface area (TPSA) is 59.5 Å². The van der Waals surface area contributed by atoms with Crippen molar-refractivity contribution in [3.8, 4) is 0 Å². The summed E-state index contributed by atoms with van der Waals surface area (Å²) in [5, 5.41) is 5.00. The lowest BCUT2D eigenvalue weighted by atomic mass is 9.95. The molecule has 0 unspecified atom stereocenters. The van der Waals surface area contributed by atoms with Gasteiger partial charge in [0, 0.05) is 40.3 Å². The third-order valence-electron chi connectivity index (χ3n) is 5.86. The summed E-state index contributed by atoms with van der Waals surface area (Å²) in [6, 6.07) is 12.1. The molecular formula is C25H25N3O2S. The second-order valence-electron chi connectivity index (χ2n) is 7.80.